The molecule has 1 aromatic rings. The number of benzene rings is 1. The molecular formula is C20H30N2O3. The van der Waals surface area contributed by atoms with Gasteiger partial charge in [0.1, 0.15) is 5.60 Å². The number of aryl methyl sites for hydroxylation is 1. The van der Waals surface area contributed by atoms with Crippen LogP contribution in [-0.4, -0.2) is 47.5 Å². The topological polar surface area (TPSA) is 49.9 Å². The number of amides is 2. The zero-order valence-electron chi connectivity index (χ0n) is 16.0. The Kier molecular flexibility index (Phi) is 6.09. The van der Waals surface area contributed by atoms with E-state index < -0.39 is 5.60 Å². The summed E-state index contributed by atoms with van der Waals surface area (Å²) < 4.78 is 5.43. The minimum absolute atomic E-state index is 0.0915. The standard InChI is InChI=1S/C20H30N2O3/c1-15-8-10-16(11-9-15)13-21(5)18(23)17-7-6-12-22(14-17)19(24)25-20(2,3)4/h8-11,17H,6-7,12-14H2,1-5H3/t17-/m0/s1. The molecule has 0 bridgehead atoms. The zero-order chi connectivity index (χ0) is 18.6. The fraction of sp³-hybridized carbons (Fsp3) is 0.600. The van der Waals surface area contributed by atoms with Gasteiger partial charge in [-0.3, -0.25) is 4.79 Å². The Bertz CT molecular complexity index is 604. The summed E-state index contributed by atoms with van der Waals surface area (Å²) >= 11 is 0. The number of nitrogens with zero attached hydrogens (tertiary/aromatic N) is 2. The van der Waals surface area contributed by atoms with Gasteiger partial charge in [0.25, 0.3) is 0 Å². The SMILES string of the molecule is Cc1ccc(CN(C)C(=O)[C@H]2CCCN(C(=O)OC(C)(C)C)C2)cc1. The first-order valence-corrected chi connectivity index (χ1v) is 8.94. The van der Waals surface area contributed by atoms with Crippen LogP contribution in [0.15, 0.2) is 24.3 Å². The van der Waals surface area contributed by atoms with Crippen LogP contribution in [0.4, 0.5) is 4.79 Å². The molecule has 0 unspecified atom stereocenters. The fourth-order valence-corrected chi connectivity index (χ4v) is 3.03. The normalized spacial score (nSPS) is 18.0. The van der Waals surface area contributed by atoms with Crippen LogP contribution < -0.4 is 0 Å². The van der Waals surface area contributed by atoms with Crippen molar-refractivity contribution in [2.75, 3.05) is 20.1 Å². The number of hydrogen-bond acceptors (Lipinski definition) is 3. The smallest absolute Gasteiger partial charge is 0.410 e. The molecule has 25 heavy (non-hydrogen) atoms. The fourth-order valence-electron chi connectivity index (χ4n) is 3.03. The zero-order valence-corrected chi connectivity index (χ0v) is 16.0. The third kappa shape index (κ3) is 5.76. The number of likely N-dealkylation sites (tertiary alicyclic amines) is 1. The second-order valence-electron chi connectivity index (χ2n) is 7.95. The van der Waals surface area contributed by atoms with Crippen molar-refractivity contribution in [1.29, 1.82) is 0 Å². The van der Waals surface area contributed by atoms with Crippen molar-refractivity contribution >= 4 is 12.0 Å². The molecule has 5 heteroatoms. The van der Waals surface area contributed by atoms with E-state index in [9.17, 15) is 9.59 Å². The third-order valence-corrected chi connectivity index (χ3v) is 4.34. The van der Waals surface area contributed by atoms with E-state index in [0.717, 1.165) is 18.4 Å². The highest BCUT2D eigenvalue weighted by Gasteiger charge is 2.32. The molecular weight excluding hydrogens is 316 g/mol. The maximum absolute atomic E-state index is 12.8. The highest BCUT2D eigenvalue weighted by atomic mass is 16.6. The number of ether oxygens (including phenoxy) is 1. The van der Waals surface area contributed by atoms with Gasteiger partial charge in [0.2, 0.25) is 5.91 Å². The van der Waals surface area contributed by atoms with E-state index >= 15 is 0 Å². The molecule has 0 N–H and O–H groups in total. The predicted octanol–water partition coefficient (Wildman–Crippen LogP) is 3.60. The summed E-state index contributed by atoms with van der Waals surface area (Å²) in [6.07, 6.45) is 1.32. The Morgan fingerprint density at radius 3 is 2.48 bits per heavy atom. The minimum Gasteiger partial charge on any atom is -0.444 e. The molecule has 0 radical (unpaired) electrons. The van der Waals surface area contributed by atoms with Crippen LogP contribution in [0.25, 0.3) is 0 Å². The summed E-state index contributed by atoms with van der Waals surface area (Å²) in [4.78, 5) is 28.4. The van der Waals surface area contributed by atoms with Gasteiger partial charge < -0.3 is 14.5 Å². The van der Waals surface area contributed by atoms with Crippen molar-refractivity contribution in [3.63, 3.8) is 0 Å². The molecule has 0 aliphatic carbocycles. The Morgan fingerprint density at radius 2 is 1.88 bits per heavy atom. The second kappa shape index (κ2) is 7.89. The van der Waals surface area contributed by atoms with Crippen molar-refractivity contribution in [1.82, 2.24) is 9.80 Å². The quantitative estimate of drug-likeness (QED) is 0.840. The number of hydrogen-bond donors (Lipinski definition) is 0. The van der Waals surface area contributed by atoms with Gasteiger partial charge in [0, 0.05) is 26.7 Å². The van der Waals surface area contributed by atoms with Crippen LogP contribution in [0.3, 0.4) is 0 Å². The molecule has 1 saturated heterocycles. The largest absolute Gasteiger partial charge is 0.444 e. The first-order valence-electron chi connectivity index (χ1n) is 8.94. The van der Waals surface area contributed by atoms with E-state index in [1.165, 1.54) is 5.56 Å². The van der Waals surface area contributed by atoms with E-state index in [-0.39, 0.29) is 17.9 Å². The van der Waals surface area contributed by atoms with Crippen LogP contribution in [0, 0.1) is 12.8 Å². The second-order valence-corrected chi connectivity index (χ2v) is 7.95. The summed E-state index contributed by atoms with van der Waals surface area (Å²) in [6.45, 7) is 9.28. The first kappa shape index (κ1) is 19.3. The summed E-state index contributed by atoms with van der Waals surface area (Å²) in [5.41, 5.74) is 1.80. The molecule has 1 fully saturated rings. The molecule has 2 rings (SSSR count). The van der Waals surface area contributed by atoms with Gasteiger partial charge in [-0.15, -0.1) is 0 Å². The lowest BCUT2D eigenvalue weighted by Crippen LogP contribution is -2.47. The van der Waals surface area contributed by atoms with E-state index in [0.29, 0.717) is 19.6 Å². The van der Waals surface area contributed by atoms with Crippen molar-refractivity contribution in [2.45, 2.75) is 52.7 Å². The molecule has 1 aliphatic rings. The minimum atomic E-state index is -0.518. The lowest BCUT2D eigenvalue weighted by atomic mass is 9.96. The Morgan fingerprint density at radius 1 is 1.24 bits per heavy atom. The van der Waals surface area contributed by atoms with Crippen LogP contribution >= 0.6 is 0 Å². The highest BCUT2D eigenvalue weighted by molar-refractivity contribution is 5.80. The third-order valence-electron chi connectivity index (χ3n) is 4.34. The summed E-state index contributed by atoms with van der Waals surface area (Å²) in [5.74, 6) is -0.0643. The number of carbonyl (C=O) groups is 2. The Hall–Kier alpha value is -2.04. The van der Waals surface area contributed by atoms with Crippen molar-refractivity contribution in [2.24, 2.45) is 5.92 Å². The van der Waals surface area contributed by atoms with Crippen LogP contribution in [0.5, 0.6) is 0 Å². The van der Waals surface area contributed by atoms with E-state index in [1.54, 1.807) is 9.80 Å². The van der Waals surface area contributed by atoms with Crippen LogP contribution in [-0.2, 0) is 16.1 Å². The molecule has 1 heterocycles. The number of carbonyl (C=O) groups excluding carboxylic acids is 2. The lowest BCUT2D eigenvalue weighted by Gasteiger charge is -2.35. The van der Waals surface area contributed by atoms with Gasteiger partial charge in [-0.05, 0) is 46.1 Å². The summed E-state index contributed by atoms with van der Waals surface area (Å²) in [6, 6.07) is 8.21. The lowest BCUT2D eigenvalue weighted by molar-refractivity contribution is -0.136. The average molecular weight is 346 g/mol. The highest BCUT2D eigenvalue weighted by Crippen LogP contribution is 2.21. The molecule has 2 amide bonds. The molecule has 1 aliphatic heterocycles. The van der Waals surface area contributed by atoms with E-state index in [4.69, 9.17) is 4.74 Å². The van der Waals surface area contributed by atoms with Gasteiger partial charge in [-0.1, -0.05) is 29.8 Å². The van der Waals surface area contributed by atoms with Crippen molar-refractivity contribution in [3.8, 4) is 0 Å². The van der Waals surface area contributed by atoms with Crippen LogP contribution in [0.1, 0.15) is 44.7 Å². The maximum atomic E-state index is 12.8. The Balaban J connectivity index is 1.94. The van der Waals surface area contributed by atoms with Crippen molar-refractivity contribution in [3.05, 3.63) is 35.4 Å². The Labute approximate surface area is 150 Å². The number of rotatable bonds is 3. The monoisotopic (exact) mass is 346 g/mol. The first-order chi connectivity index (χ1) is 11.7. The van der Waals surface area contributed by atoms with Gasteiger partial charge in [-0.2, -0.15) is 0 Å². The van der Waals surface area contributed by atoms with Gasteiger partial charge >= 0.3 is 6.09 Å². The van der Waals surface area contributed by atoms with Gasteiger partial charge in [0.15, 0.2) is 0 Å². The molecule has 1 aromatic carbocycles. The summed E-state index contributed by atoms with van der Waals surface area (Å²) in [5, 5.41) is 0. The average Bonchev–Trinajstić information content (AvgIpc) is 2.55. The van der Waals surface area contributed by atoms with Crippen LogP contribution in [0.2, 0.25) is 0 Å². The number of piperidine rings is 1. The van der Waals surface area contributed by atoms with E-state index in [2.05, 4.69) is 12.1 Å². The molecule has 0 saturated carbocycles. The van der Waals surface area contributed by atoms with E-state index in [1.807, 2.05) is 46.9 Å². The molecule has 138 valence electrons. The molecule has 0 spiro atoms. The maximum Gasteiger partial charge on any atom is 0.410 e. The summed E-state index contributed by atoms with van der Waals surface area (Å²) in [7, 11) is 1.83. The van der Waals surface area contributed by atoms with Crippen molar-refractivity contribution < 1.29 is 14.3 Å². The molecule has 0 aromatic heterocycles. The molecule has 5 nitrogen and oxygen atoms in total. The predicted molar refractivity (Wildman–Crippen MR) is 98.2 cm³/mol. The molecule has 1 atom stereocenters. The van der Waals surface area contributed by atoms with Gasteiger partial charge in [-0.25, -0.2) is 4.79 Å². The van der Waals surface area contributed by atoms with Gasteiger partial charge in [0.05, 0.1) is 5.92 Å².